The van der Waals surface area contributed by atoms with Gasteiger partial charge in [-0.15, -0.1) is 0 Å². The second-order valence-electron chi connectivity index (χ2n) is 4.83. The summed E-state index contributed by atoms with van der Waals surface area (Å²) >= 11 is 0. The molecule has 0 aliphatic heterocycles. The molecule has 0 bridgehead atoms. The molecule has 2 N–H and O–H groups in total. The van der Waals surface area contributed by atoms with Crippen LogP contribution in [0.5, 0.6) is 0 Å². The Morgan fingerprint density at radius 1 is 1.36 bits per heavy atom. The van der Waals surface area contributed by atoms with Crippen molar-refractivity contribution in [2.45, 2.75) is 52.0 Å². The first-order chi connectivity index (χ1) is 6.68. The van der Waals surface area contributed by atoms with Gasteiger partial charge < -0.3 is 5.73 Å². The third-order valence-electron chi connectivity index (χ3n) is 3.95. The lowest BCUT2D eigenvalue weighted by molar-refractivity contribution is 0.0168. The highest BCUT2D eigenvalue weighted by Crippen LogP contribution is 2.37. The Morgan fingerprint density at radius 3 is 2.29 bits per heavy atom. The van der Waals surface area contributed by atoms with Crippen molar-refractivity contribution in [2.24, 2.45) is 11.7 Å². The minimum atomic E-state index is 0.373. The van der Waals surface area contributed by atoms with Gasteiger partial charge in [-0.1, -0.05) is 27.2 Å². The topological polar surface area (TPSA) is 29.3 Å². The summed E-state index contributed by atoms with van der Waals surface area (Å²) in [5, 5.41) is 0. The predicted octanol–water partition coefficient (Wildman–Crippen LogP) is 2.24. The molecule has 0 saturated heterocycles. The van der Waals surface area contributed by atoms with Gasteiger partial charge in [0, 0.05) is 18.6 Å². The lowest BCUT2D eigenvalue weighted by Crippen LogP contribution is -2.59. The van der Waals surface area contributed by atoms with Crippen LogP contribution < -0.4 is 5.73 Å². The zero-order chi connectivity index (χ0) is 10.6. The fraction of sp³-hybridized carbons (Fsp3) is 1.00. The van der Waals surface area contributed by atoms with E-state index < -0.39 is 0 Å². The van der Waals surface area contributed by atoms with E-state index in [-0.39, 0.29) is 0 Å². The standard InChI is InChI=1S/C12H26N2/c1-4-11(3)9-14(5-2)12(10-13)7-6-8-12/h11H,4-10,13H2,1-3H3. The summed E-state index contributed by atoms with van der Waals surface area (Å²) in [5.74, 6) is 0.805. The van der Waals surface area contributed by atoms with E-state index in [4.69, 9.17) is 5.73 Å². The van der Waals surface area contributed by atoms with Crippen LogP contribution in [-0.4, -0.2) is 30.1 Å². The van der Waals surface area contributed by atoms with Gasteiger partial charge in [0.25, 0.3) is 0 Å². The van der Waals surface area contributed by atoms with Crippen LogP contribution in [0.1, 0.15) is 46.5 Å². The van der Waals surface area contributed by atoms with Crippen LogP contribution in [0.2, 0.25) is 0 Å². The molecule has 0 spiro atoms. The molecule has 0 radical (unpaired) electrons. The third-order valence-corrected chi connectivity index (χ3v) is 3.95. The maximum absolute atomic E-state index is 5.92. The van der Waals surface area contributed by atoms with Crippen molar-refractivity contribution in [3.8, 4) is 0 Å². The molecule has 1 aliphatic rings. The van der Waals surface area contributed by atoms with Crippen molar-refractivity contribution in [3.05, 3.63) is 0 Å². The van der Waals surface area contributed by atoms with Crippen molar-refractivity contribution in [1.29, 1.82) is 0 Å². The SMILES string of the molecule is CCC(C)CN(CC)C1(CN)CCC1. The zero-order valence-corrected chi connectivity index (χ0v) is 10.1. The molecule has 0 aromatic rings. The molecule has 0 aromatic carbocycles. The highest BCUT2D eigenvalue weighted by atomic mass is 15.2. The molecule has 0 aromatic heterocycles. The van der Waals surface area contributed by atoms with Gasteiger partial charge in [0.05, 0.1) is 0 Å². The van der Waals surface area contributed by atoms with E-state index in [9.17, 15) is 0 Å². The number of hydrogen-bond donors (Lipinski definition) is 1. The van der Waals surface area contributed by atoms with Crippen LogP contribution in [0.3, 0.4) is 0 Å². The molecular formula is C12H26N2. The maximum Gasteiger partial charge on any atom is 0.0331 e. The second kappa shape index (κ2) is 5.13. The van der Waals surface area contributed by atoms with Crippen LogP contribution >= 0.6 is 0 Å². The van der Waals surface area contributed by atoms with Crippen LogP contribution in [0.25, 0.3) is 0 Å². The Hall–Kier alpha value is -0.0800. The maximum atomic E-state index is 5.92. The van der Waals surface area contributed by atoms with Crippen molar-refractivity contribution in [3.63, 3.8) is 0 Å². The molecule has 1 atom stereocenters. The average Bonchev–Trinajstić information content (AvgIpc) is 2.15. The molecule has 0 heterocycles. The summed E-state index contributed by atoms with van der Waals surface area (Å²) in [4.78, 5) is 2.62. The first kappa shape index (κ1) is 12.0. The van der Waals surface area contributed by atoms with E-state index in [1.807, 2.05) is 0 Å². The van der Waals surface area contributed by atoms with Crippen LogP contribution in [0.4, 0.5) is 0 Å². The van der Waals surface area contributed by atoms with Crippen molar-refractivity contribution in [2.75, 3.05) is 19.6 Å². The molecule has 1 saturated carbocycles. The van der Waals surface area contributed by atoms with E-state index in [0.29, 0.717) is 5.54 Å². The summed E-state index contributed by atoms with van der Waals surface area (Å²) in [6.07, 6.45) is 5.27. The highest BCUT2D eigenvalue weighted by molar-refractivity contribution is 4.98. The van der Waals surface area contributed by atoms with E-state index >= 15 is 0 Å². The molecule has 2 heteroatoms. The Kier molecular flexibility index (Phi) is 4.39. The Balaban J connectivity index is 2.51. The van der Waals surface area contributed by atoms with E-state index in [0.717, 1.165) is 19.0 Å². The number of nitrogens with two attached hydrogens (primary N) is 1. The number of likely N-dealkylation sites (N-methyl/N-ethyl adjacent to an activating group) is 1. The van der Waals surface area contributed by atoms with Gasteiger partial charge >= 0.3 is 0 Å². The van der Waals surface area contributed by atoms with Gasteiger partial charge in [-0.2, -0.15) is 0 Å². The largest absolute Gasteiger partial charge is 0.329 e. The van der Waals surface area contributed by atoms with Crippen LogP contribution in [0.15, 0.2) is 0 Å². The Labute approximate surface area is 88.8 Å². The summed E-state index contributed by atoms with van der Waals surface area (Å²) < 4.78 is 0. The smallest absolute Gasteiger partial charge is 0.0331 e. The van der Waals surface area contributed by atoms with Gasteiger partial charge in [-0.05, 0) is 31.7 Å². The third kappa shape index (κ3) is 2.29. The van der Waals surface area contributed by atoms with Gasteiger partial charge in [-0.3, -0.25) is 4.90 Å². The van der Waals surface area contributed by atoms with E-state index in [1.165, 1.54) is 32.2 Å². The Morgan fingerprint density at radius 2 is 2.00 bits per heavy atom. The number of hydrogen-bond acceptors (Lipinski definition) is 2. The van der Waals surface area contributed by atoms with E-state index in [2.05, 4.69) is 25.7 Å². The van der Waals surface area contributed by atoms with Crippen LogP contribution in [-0.2, 0) is 0 Å². The van der Waals surface area contributed by atoms with Gasteiger partial charge in [0.2, 0.25) is 0 Å². The van der Waals surface area contributed by atoms with Gasteiger partial charge in [-0.25, -0.2) is 0 Å². The molecule has 2 nitrogen and oxygen atoms in total. The first-order valence-electron chi connectivity index (χ1n) is 6.13. The molecule has 14 heavy (non-hydrogen) atoms. The lowest BCUT2D eigenvalue weighted by atomic mass is 9.75. The molecule has 0 amide bonds. The molecule has 1 rings (SSSR count). The summed E-state index contributed by atoms with van der Waals surface area (Å²) in [6, 6.07) is 0. The summed E-state index contributed by atoms with van der Waals surface area (Å²) in [5.41, 5.74) is 6.29. The monoisotopic (exact) mass is 198 g/mol. The lowest BCUT2D eigenvalue weighted by Gasteiger charge is -2.50. The zero-order valence-electron chi connectivity index (χ0n) is 10.1. The summed E-state index contributed by atoms with van der Waals surface area (Å²) in [6.45, 7) is 10.1. The molecular weight excluding hydrogens is 172 g/mol. The van der Waals surface area contributed by atoms with Crippen molar-refractivity contribution in [1.82, 2.24) is 4.90 Å². The molecule has 1 fully saturated rings. The van der Waals surface area contributed by atoms with Gasteiger partial charge in [0.15, 0.2) is 0 Å². The highest BCUT2D eigenvalue weighted by Gasteiger charge is 2.40. The normalized spacial score (nSPS) is 22.1. The van der Waals surface area contributed by atoms with Crippen molar-refractivity contribution < 1.29 is 0 Å². The minimum Gasteiger partial charge on any atom is -0.329 e. The predicted molar refractivity (Wildman–Crippen MR) is 62.3 cm³/mol. The quantitative estimate of drug-likeness (QED) is 0.709. The average molecular weight is 198 g/mol. The number of nitrogens with zero attached hydrogens (tertiary/aromatic N) is 1. The van der Waals surface area contributed by atoms with Crippen LogP contribution in [0, 0.1) is 5.92 Å². The fourth-order valence-electron chi connectivity index (χ4n) is 2.40. The second-order valence-corrected chi connectivity index (χ2v) is 4.83. The fourth-order valence-corrected chi connectivity index (χ4v) is 2.40. The molecule has 1 aliphatic carbocycles. The first-order valence-corrected chi connectivity index (χ1v) is 6.13. The minimum absolute atomic E-state index is 0.373. The van der Waals surface area contributed by atoms with Crippen molar-refractivity contribution >= 4 is 0 Å². The molecule has 1 unspecified atom stereocenters. The van der Waals surface area contributed by atoms with E-state index in [1.54, 1.807) is 0 Å². The van der Waals surface area contributed by atoms with Gasteiger partial charge in [0.1, 0.15) is 0 Å². The summed E-state index contributed by atoms with van der Waals surface area (Å²) in [7, 11) is 0. The number of rotatable bonds is 6. The molecule has 84 valence electrons. The Bertz CT molecular complexity index is 158.